The number of para-hydroxylation sites is 2. The van der Waals surface area contributed by atoms with Crippen molar-refractivity contribution in [1.29, 1.82) is 0 Å². The van der Waals surface area contributed by atoms with Gasteiger partial charge in [0, 0.05) is 12.6 Å². The van der Waals surface area contributed by atoms with E-state index < -0.39 is 0 Å². The molecule has 1 saturated carbocycles. The van der Waals surface area contributed by atoms with Crippen LogP contribution in [-0.2, 0) is 6.54 Å². The smallest absolute Gasteiger partial charge is 0.106 e. The maximum Gasteiger partial charge on any atom is 0.106 e. The van der Waals surface area contributed by atoms with Gasteiger partial charge in [-0.1, -0.05) is 25.5 Å². The van der Waals surface area contributed by atoms with Crippen molar-refractivity contribution >= 4 is 11.0 Å². The molecule has 1 N–H and O–H groups in total. The SMILES string of the molecule is CCNC1CCCC1CCn1c(C)nc2ccccc21. The molecule has 0 spiro atoms. The van der Waals surface area contributed by atoms with Crippen LogP contribution >= 0.6 is 0 Å². The first-order chi connectivity index (χ1) is 9.79. The summed E-state index contributed by atoms with van der Waals surface area (Å²) in [6.45, 7) is 6.52. The van der Waals surface area contributed by atoms with E-state index in [1.807, 2.05) is 0 Å². The van der Waals surface area contributed by atoms with Gasteiger partial charge in [-0.05, 0) is 50.8 Å². The first kappa shape index (κ1) is 13.6. The molecule has 1 aliphatic carbocycles. The van der Waals surface area contributed by atoms with Gasteiger partial charge in [0.15, 0.2) is 0 Å². The number of rotatable bonds is 5. The number of fused-ring (bicyclic) bond motifs is 1. The Morgan fingerprint density at radius 1 is 1.30 bits per heavy atom. The number of aromatic nitrogens is 2. The minimum absolute atomic E-state index is 0.732. The minimum Gasteiger partial charge on any atom is -0.328 e. The molecule has 3 heteroatoms. The molecular formula is C17H25N3. The number of hydrogen-bond donors (Lipinski definition) is 1. The quantitative estimate of drug-likeness (QED) is 0.902. The molecule has 20 heavy (non-hydrogen) atoms. The van der Waals surface area contributed by atoms with Crippen LogP contribution in [-0.4, -0.2) is 22.1 Å². The highest BCUT2D eigenvalue weighted by Gasteiger charge is 2.26. The first-order valence-electron chi connectivity index (χ1n) is 7.95. The van der Waals surface area contributed by atoms with Crippen LogP contribution in [0.15, 0.2) is 24.3 Å². The number of nitrogens with zero attached hydrogens (tertiary/aromatic N) is 2. The zero-order chi connectivity index (χ0) is 13.9. The summed E-state index contributed by atoms with van der Waals surface area (Å²) >= 11 is 0. The largest absolute Gasteiger partial charge is 0.328 e. The fraction of sp³-hybridized carbons (Fsp3) is 0.588. The van der Waals surface area contributed by atoms with Crippen molar-refractivity contribution in [2.45, 2.75) is 52.1 Å². The summed E-state index contributed by atoms with van der Waals surface area (Å²) in [6.07, 6.45) is 5.37. The van der Waals surface area contributed by atoms with E-state index in [-0.39, 0.29) is 0 Å². The molecule has 1 fully saturated rings. The molecule has 1 aromatic carbocycles. The lowest BCUT2D eigenvalue weighted by Gasteiger charge is -2.21. The molecule has 1 aromatic heterocycles. The maximum absolute atomic E-state index is 4.66. The number of hydrogen-bond acceptors (Lipinski definition) is 2. The van der Waals surface area contributed by atoms with E-state index in [1.54, 1.807) is 0 Å². The molecule has 0 saturated heterocycles. The van der Waals surface area contributed by atoms with Crippen LogP contribution in [0.1, 0.15) is 38.4 Å². The Bertz CT molecular complexity index is 573. The van der Waals surface area contributed by atoms with Crippen molar-refractivity contribution in [2.75, 3.05) is 6.54 Å². The Labute approximate surface area is 121 Å². The predicted octanol–water partition coefficient (Wildman–Crippen LogP) is 3.51. The second-order valence-electron chi connectivity index (χ2n) is 5.94. The third kappa shape index (κ3) is 2.59. The van der Waals surface area contributed by atoms with Gasteiger partial charge in [0.05, 0.1) is 11.0 Å². The topological polar surface area (TPSA) is 29.9 Å². The average molecular weight is 271 g/mol. The normalized spacial score (nSPS) is 22.7. The Morgan fingerprint density at radius 3 is 3.00 bits per heavy atom. The summed E-state index contributed by atoms with van der Waals surface area (Å²) in [5.41, 5.74) is 2.41. The molecule has 3 nitrogen and oxygen atoms in total. The monoisotopic (exact) mass is 271 g/mol. The number of imidazole rings is 1. The molecule has 2 aromatic rings. The molecule has 2 unspecified atom stereocenters. The molecule has 0 bridgehead atoms. The lowest BCUT2D eigenvalue weighted by molar-refractivity contribution is 0.367. The van der Waals surface area contributed by atoms with Crippen LogP contribution in [0.3, 0.4) is 0 Å². The Balaban J connectivity index is 1.72. The zero-order valence-electron chi connectivity index (χ0n) is 12.6. The molecular weight excluding hydrogens is 246 g/mol. The van der Waals surface area contributed by atoms with Crippen molar-refractivity contribution in [3.05, 3.63) is 30.1 Å². The van der Waals surface area contributed by atoms with Crippen molar-refractivity contribution in [3.8, 4) is 0 Å². The van der Waals surface area contributed by atoms with Crippen molar-refractivity contribution in [3.63, 3.8) is 0 Å². The minimum atomic E-state index is 0.732. The lowest BCUT2D eigenvalue weighted by Crippen LogP contribution is -2.32. The molecule has 0 aliphatic heterocycles. The highest BCUT2D eigenvalue weighted by molar-refractivity contribution is 5.75. The van der Waals surface area contributed by atoms with Crippen molar-refractivity contribution in [1.82, 2.24) is 14.9 Å². The number of nitrogens with one attached hydrogen (secondary N) is 1. The fourth-order valence-corrected chi connectivity index (χ4v) is 3.69. The van der Waals surface area contributed by atoms with Gasteiger partial charge in [-0.3, -0.25) is 0 Å². The van der Waals surface area contributed by atoms with Gasteiger partial charge in [-0.25, -0.2) is 4.98 Å². The zero-order valence-corrected chi connectivity index (χ0v) is 12.6. The van der Waals surface area contributed by atoms with Gasteiger partial charge in [-0.15, -0.1) is 0 Å². The summed E-state index contributed by atoms with van der Waals surface area (Å²) < 4.78 is 2.39. The molecule has 1 heterocycles. The van der Waals surface area contributed by atoms with Crippen molar-refractivity contribution in [2.24, 2.45) is 5.92 Å². The second-order valence-corrected chi connectivity index (χ2v) is 5.94. The molecule has 3 rings (SSSR count). The van der Waals surface area contributed by atoms with Gasteiger partial charge < -0.3 is 9.88 Å². The summed E-state index contributed by atoms with van der Waals surface area (Å²) in [4.78, 5) is 4.66. The van der Waals surface area contributed by atoms with E-state index >= 15 is 0 Å². The highest BCUT2D eigenvalue weighted by Crippen LogP contribution is 2.29. The van der Waals surface area contributed by atoms with Gasteiger partial charge in [0.25, 0.3) is 0 Å². The van der Waals surface area contributed by atoms with Gasteiger partial charge in [-0.2, -0.15) is 0 Å². The molecule has 2 atom stereocenters. The number of aryl methyl sites for hydroxylation is 2. The Hall–Kier alpha value is -1.35. The Morgan fingerprint density at radius 2 is 2.15 bits per heavy atom. The van der Waals surface area contributed by atoms with Crippen molar-refractivity contribution < 1.29 is 0 Å². The van der Waals surface area contributed by atoms with E-state index in [9.17, 15) is 0 Å². The molecule has 0 amide bonds. The van der Waals surface area contributed by atoms with Crippen LogP contribution in [0.2, 0.25) is 0 Å². The van der Waals surface area contributed by atoms with E-state index in [4.69, 9.17) is 0 Å². The summed E-state index contributed by atoms with van der Waals surface area (Å²) in [5, 5.41) is 3.65. The van der Waals surface area contributed by atoms with Gasteiger partial charge in [0.1, 0.15) is 5.82 Å². The molecule has 1 aliphatic rings. The average Bonchev–Trinajstić information content (AvgIpc) is 3.01. The third-order valence-corrected chi connectivity index (χ3v) is 4.69. The van der Waals surface area contributed by atoms with E-state index in [2.05, 4.69) is 53.0 Å². The van der Waals surface area contributed by atoms with Gasteiger partial charge in [0.2, 0.25) is 0 Å². The van der Waals surface area contributed by atoms with Crippen LogP contribution < -0.4 is 5.32 Å². The van der Waals surface area contributed by atoms with Crippen LogP contribution in [0, 0.1) is 12.8 Å². The summed E-state index contributed by atoms with van der Waals surface area (Å²) in [5.74, 6) is 1.97. The van der Waals surface area contributed by atoms with E-state index in [0.29, 0.717) is 0 Å². The number of benzene rings is 1. The first-order valence-corrected chi connectivity index (χ1v) is 7.95. The van der Waals surface area contributed by atoms with Crippen LogP contribution in [0.25, 0.3) is 11.0 Å². The van der Waals surface area contributed by atoms with E-state index in [0.717, 1.165) is 36.4 Å². The molecule has 108 valence electrons. The maximum atomic E-state index is 4.66. The summed E-state index contributed by atoms with van der Waals surface area (Å²) in [6, 6.07) is 9.20. The standard InChI is InChI=1S/C17H25N3/c1-3-18-15-9-6-7-14(15)11-12-20-13(2)19-16-8-4-5-10-17(16)20/h4-5,8,10,14-15,18H,3,6-7,9,11-12H2,1-2H3. The fourth-order valence-electron chi connectivity index (χ4n) is 3.69. The van der Waals surface area contributed by atoms with Crippen LogP contribution in [0.4, 0.5) is 0 Å². The predicted molar refractivity (Wildman–Crippen MR) is 83.9 cm³/mol. The lowest BCUT2D eigenvalue weighted by atomic mass is 9.99. The Kier molecular flexibility index (Phi) is 4.06. The molecule has 0 radical (unpaired) electrons. The van der Waals surface area contributed by atoms with Gasteiger partial charge >= 0.3 is 0 Å². The third-order valence-electron chi connectivity index (χ3n) is 4.69. The van der Waals surface area contributed by atoms with Crippen LogP contribution in [0.5, 0.6) is 0 Å². The van der Waals surface area contributed by atoms with E-state index in [1.165, 1.54) is 31.2 Å². The second kappa shape index (κ2) is 5.96. The highest BCUT2D eigenvalue weighted by atomic mass is 15.1. The summed E-state index contributed by atoms with van der Waals surface area (Å²) in [7, 11) is 0.